The Labute approximate surface area is 149 Å². The summed E-state index contributed by atoms with van der Waals surface area (Å²) >= 11 is 0. The molecule has 9 heteroatoms. The van der Waals surface area contributed by atoms with E-state index in [2.05, 4.69) is 15.8 Å². The summed E-state index contributed by atoms with van der Waals surface area (Å²) < 4.78 is 30.0. The molecule has 26 heavy (non-hydrogen) atoms. The van der Waals surface area contributed by atoms with E-state index in [9.17, 15) is 9.18 Å². The molecular weight excluding hydrogens is 343 g/mol. The zero-order valence-corrected chi connectivity index (χ0v) is 14.0. The third-order valence-electron chi connectivity index (χ3n) is 4.50. The van der Waals surface area contributed by atoms with Crippen molar-refractivity contribution < 1.29 is 23.2 Å². The minimum Gasteiger partial charge on any atom is -0.471 e. The summed E-state index contributed by atoms with van der Waals surface area (Å²) in [7, 11) is 0. The lowest BCUT2D eigenvalue weighted by Gasteiger charge is -2.30. The second-order valence-corrected chi connectivity index (χ2v) is 6.16. The predicted octanol–water partition coefficient (Wildman–Crippen LogP) is 1.45. The zero-order chi connectivity index (χ0) is 17.9. The normalized spacial score (nSPS) is 22.8. The topological polar surface area (TPSA) is 88.9 Å². The van der Waals surface area contributed by atoms with Crippen LogP contribution in [-0.2, 0) is 4.74 Å². The molecule has 2 fully saturated rings. The number of carbonyl (C=O) groups excluding carboxylic acids is 1. The largest absolute Gasteiger partial charge is 0.471 e. The second kappa shape index (κ2) is 7.20. The van der Waals surface area contributed by atoms with Crippen LogP contribution in [0.1, 0.15) is 11.6 Å². The Bertz CT molecular complexity index is 764. The monoisotopic (exact) mass is 362 g/mol. The molecule has 1 amide bonds. The highest BCUT2D eigenvalue weighted by Gasteiger charge is 2.36. The molecule has 2 N–H and O–H groups in total. The first-order chi connectivity index (χ1) is 12.7. The average Bonchev–Trinajstić information content (AvgIpc) is 3.30. The number of hydrogen-bond acceptors (Lipinski definition) is 7. The number of ether oxygens (including phenoxy) is 2. The van der Waals surface area contributed by atoms with Crippen LogP contribution in [0.4, 0.5) is 14.9 Å². The summed E-state index contributed by atoms with van der Waals surface area (Å²) in [5.41, 5.74) is 1.19. The van der Waals surface area contributed by atoms with Gasteiger partial charge >= 0.3 is 6.09 Å². The SMILES string of the molecule is O=C1NC(c2ccc(N3CCNCC3)c(F)c2)[C@H](COc2ccon2)O1. The minimum atomic E-state index is -0.594. The number of anilines is 1. The van der Waals surface area contributed by atoms with E-state index in [1.807, 2.05) is 11.0 Å². The van der Waals surface area contributed by atoms with Crippen LogP contribution in [0.25, 0.3) is 0 Å². The molecule has 1 aromatic heterocycles. The molecule has 2 aromatic rings. The van der Waals surface area contributed by atoms with Crippen molar-refractivity contribution in [1.82, 2.24) is 15.8 Å². The van der Waals surface area contributed by atoms with Crippen LogP contribution in [0.2, 0.25) is 0 Å². The number of alkyl carbamates (subject to hydrolysis) is 1. The quantitative estimate of drug-likeness (QED) is 0.832. The van der Waals surface area contributed by atoms with Crippen LogP contribution in [0.3, 0.4) is 0 Å². The fraction of sp³-hybridized carbons (Fsp3) is 0.412. The highest BCUT2D eigenvalue weighted by molar-refractivity contribution is 5.71. The van der Waals surface area contributed by atoms with Crippen molar-refractivity contribution in [2.24, 2.45) is 0 Å². The van der Waals surface area contributed by atoms with Crippen molar-refractivity contribution in [3.63, 3.8) is 0 Å². The number of amides is 1. The predicted molar refractivity (Wildman–Crippen MR) is 89.6 cm³/mol. The highest BCUT2D eigenvalue weighted by atomic mass is 19.1. The Morgan fingerprint density at radius 3 is 2.88 bits per heavy atom. The number of piperazine rings is 1. The van der Waals surface area contributed by atoms with Gasteiger partial charge in [0.1, 0.15) is 18.7 Å². The third kappa shape index (κ3) is 3.43. The molecule has 2 aliphatic heterocycles. The van der Waals surface area contributed by atoms with Crippen molar-refractivity contribution in [3.05, 3.63) is 41.9 Å². The van der Waals surface area contributed by atoms with Crippen molar-refractivity contribution in [2.75, 3.05) is 37.7 Å². The zero-order valence-electron chi connectivity index (χ0n) is 14.0. The first kappa shape index (κ1) is 16.6. The maximum atomic E-state index is 14.7. The van der Waals surface area contributed by atoms with Gasteiger partial charge in [0.25, 0.3) is 5.88 Å². The Morgan fingerprint density at radius 2 is 2.15 bits per heavy atom. The van der Waals surface area contributed by atoms with Crippen LogP contribution in [-0.4, -0.2) is 50.1 Å². The Kier molecular flexibility index (Phi) is 4.61. The Balaban J connectivity index is 1.49. The fourth-order valence-corrected chi connectivity index (χ4v) is 3.21. The van der Waals surface area contributed by atoms with Crippen LogP contribution in [0.5, 0.6) is 5.88 Å². The van der Waals surface area contributed by atoms with E-state index in [-0.39, 0.29) is 12.4 Å². The number of hydrogen-bond donors (Lipinski definition) is 2. The summed E-state index contributed by atoms with van der Waals surface area (Å²) in [6.45, 7) is 3.25. The van der Waals surface area contributed by atoms with E-state index in [1.165, 1.54) is 12.3 Å². The van der Waals surface area contributed by atoms with E-state index >= 15 is 0 Å². The van der Waals surface area contributed by atoms with Gasteiger partial charge in [0.05, 0.1) is 11.7 Å². The van der Waals surface area contributed by atoms with Gasteiger partial charge in [0.15, 0.2) is 6.10 Å². The van der Waals surface area contributed by atoms with Gasteiger partial charge in [-0.2, -0.15) is 0 Å². The molecule has 2 saturated heterocycles. The molecule has 3 heterocycles. The van der Waals surface area contributed by atoms with E-state index in [4.69, 9.17) is 14.0 Å². The molecule has 2 atom stereocenters. The number of halogens is 1. The maximum absolute atomic E-state index is 14.7. The third-order valence-corrected chi connectivity index (χ3v) is 4.50. The lowest BCUT2D eigenvalue weighted by Crippen LogP contribution is -2.43. The van der Waals surface area contributed by atoms with Gasteiger partial charge in [-0.3, -0.25) is 0 Å². The summed E-state index contributed by atoms with van der Waals surface area (Å²) in [5.74, 6) is -0.0198. The average molecular weight is 362 g/mol. The number of benzene rings is 1. The van der Waals surface area contributed by atoms with Gasteiger partial charge in [0, 0.05) is 32.2 Å². The first-order valence-electron chi connectivity index (χ1n) is 8.46. The summed E-state index contributed by atoms with van der Waals surface area (Å²) in [5, 5.41) is 9.59. The van der Waals surface area contributed by atoms with Crippen LogP contribution < -0.4 is 20.3 Å². The molecule has 4 rings (SSSR count). The lowest BCUT2D eigenvalue weighted by atomic mass is 10.0. The molecule has 1 unspecified atom stereocenters. The van der Waals surface area contributed by atoms with Crippen molar-refractivity contribution >= 4 is 11.8 Å². The molecule has 8 nitrogen and oxygen atoms in total. The Hall–Kier alpha value is -2.81. The molecule has 1 aromatic carbocycles. The minimum absolute atomic E-state index is 0.0805. The van der Waals surface area contributed by atoms with Gasteiger partial charge in [0.2, 0.25) is 0 Å². The first-order valence-corrected chi connectivity index (χ1v) is 8.46. The fourth-order valence-electron chi connectivity index (χ4n) is 3.21. The van der Waals surface area contributed by atoms with E-state index in [0.717, 1.165) is 26.2 Å². The molecule has 138 valence electrons. The van der Waals surface area contributed by atoms with Crippen LogP contribution in [0, 0.1) is 5.82 Å². The number of cyclic esters (lactones) is 1. The standard InChI is InChI=1S/C17H19FN4O4/c18-12-9-11(1-2-13(12)22-6-4-19-5-7-22)16-14(26-17(23)20-16)10-24-15-3-8-25-21-15/h1-3,8-9,14,16,19H,4-7,10H2,(H,20,23)/t14-,16?/m0/s1. The van der Waals surface area contributed by atoms with Crippen molar-refractivity contribution in [1.29, 1.82) is 0 Å². The van der Waals surface area contributed by atoms with Crippen molar-refractivity contribution in [3.8, 4) is 5.88 Å². The molecule has 2 aliphatic rings. The summed E-state index contributed by atoms with van der Waals surface area (Å²) in [4.78, 5) is 13.7. The van der Waals surface area contributed by atoms with Gasteiger partial charge in [-0.25, -0.2) is 9.18 Å². The smallest absolute Gasteiger partial charge is 0.408 e. The van der Waals surface area contributed by atoms with Gasteiger partial charge < -0.3 is 29.5 Å². The number of nitrogens with zero attached hydrogens (tertiary/aromatic N) is 2. The molecule has 0 saturated carbocycles. The summed E-state index contributed by atoms with van der Waals surface area (Å²) in [6.07, 6.45) is 0.231. The molecule has 0 bridgehead atoms. The number of carbonyl (C=O) groups is 1. The van der Waals surface area contributed by atoms with Gasteiger partial charge in [-0.1, -0.05) is 6.07 Å². The molecule has 0 radical (unpaired) electrons. The maximum Gasteiger partial charge on any atom is 0.408 e. The molecular formula is C17H19FN4O4. The number of nitrogens with one attached hydrogen (secondary N) is 2. The van der Waals surface area contributed by atoms with Gasteiger partial charge in [-0.05, 0) is 22.9 Å². The van der Waals surface area contributed by atoms with Crippen molar-refractivity contribution in [2.45, 2.75) is 12.1 Å². The Morgan fingerprint density at radius 1 is 1.31 bits per heavy atom. The van der Waals surface area contributed by atoms with E-state index < -0.39 is 18.2 Å². The number of rotatable bonds is 5. The summed E-state index contributed by atoms with van der Waals surface area (Å²) in [6, 6.07) is 6.06. The van der Waals surface area contributed by atoms with Crippen LogP contribution >= 0.6 is 0 Å². The molecule has 0 spiro atoms. The van der Waals surface area contributed by atoms with E-state index in [1.54, 1.807) is 12.1 Å². The van der Waals surface area contributed by atoms with Crippen LogP contribution in [0.15, 0.2) is 35.1 Å². The molecule has 0 aliphatic carbocycles. The second-order valence-electron chi connectivity index (χ2n) is 6.16. The highest BCUT2D eigenvalue weighted by Crippen LogP contribution is 2.29. The number of aromatic nitrogens is 1. The lowest BCUT2D eigenvalue weighted by molar-refractivity contribution is 0.0885. The van der Waals surface area contributed by atoms with Gasteiger partial charge in [-0.15, -0.1) is 0 Å². The van der Waals surface area contributed by atoms with E-state index in [0.29, 0.717) is 17.1 Å².